The van der Waals surface area contributed by atoms with Gasteiger partial charge >= 0.3 is 0 Å². The van der Waals surface area contributed by atoms with Crippen molar-refractivity contribution in [2.24, 2.45) is 11.3 Å². The third-order valence-corrected chi connectivity index (χ3v) is 3.25. The fourth-order valence-electron chi connectivity index (χ4n) is 1.56. The SMILES string of the molecule is C=CCNc1nc(C)cn1CC(C)C(C)(C)C. The topological polar surface area (TPSA) is 29.9 Å². The van der Waals surface area contributed by atoms with Crippen molar-refractivity contribution in [3.8, 4) is 0 Å². The Hall–Kier alpha value is -1.25. The molecule has 1 atom stereocenters. The number of aromatic nitrogens is 2. The Morgan fingerprint density at radius 3 is 2.71 bits per heavy atom. The summed E-state index contributed by atoms with van der Waals surface area (Å²) in [4.78, 5) is 4.49. The molecule has 0 aliphatic heterocycles. The van der Waals surface area contributed by atoms with Crippen molar-refractivity contribution in [1.82, 2.24) is 9.55 Å². The van der Waals surface area contributed by atoms with Gasteiger partial charge in [-0.15, -0.1) is 6.58 Å². The third kappa shape index (κ3) is 3.91. The van der Waals surface area contributed by atoms with Crippen LogP contribution in [0.15, 0.2) is 18.9 Å². The summed E-state index contributed by atoms with van der Waals surface area (Å²) in [6.07, 6.45) is 3.95. The van der Waals surface area contributed by atoms with Crippen molar-refractivity contribution in [3.63, 3.8) is 0 Å². The van der Waals surface area contributed by atoms with Gasteiger partial charge in [-0.05, 0) is 18.3 Å². The zero-order valence-electron chi connectivity index (χ0n) is 11.7. The molecule has 1 aromatic rings. The zero-order chi connectivity index (χ0) is 13.1. The maximum absolute atomic E-state index is 4.49. The first-order chi connectivity index (χ1) is 7.84. The van der Waals surface area contributed by atoms with E-state index >= 15 is 0 Å². The predicted octanol–water partition coefficient (Wildman–Crippen LogP) is 3.47. The molecule has 0 radical (unpaired) electrons. The van der Waals surface area contributed by atoms with Crippen LogP contribution < -0.4 is 5.32 Å². The Morgan fingerprint density at radius 2 is 2.18 bits per heavy atom. The summed E-state index contributed by atoms with van der Waals surface area (Å²) in [6.45, 7) is 16.6. The second-order valence-corrected chi connectivity index (χ2v) is 5.79. The highest BCUT2D eigenvalue weighted by atomic mass is 15.2. The minimum absolute atomic E-state index is 0.313. The van der Waals surface area contributed by atoms with Crippen molar-refractivity contribution in [2.45, 2.75) is 41.2 Å². The van der Waals surface area contributed by atoms with Gasteiger partial charge in [-0.3, -0.25) is 0 Å². The molecule has 0 saturated heterocycles. The van der Waals surface area contributed by atoms with Crippen LogP contribution in [0.3, 0.4) is 0 Å². The lowest BCUT2D eigenvalue weighted by molar-refractivity contribution is 0.233. The van der Waals surface area contributed by atoms with Gasteiger partial charge in [0.2, 0.25) is 5.95 Å². The summed E-state index contributed by atoms with van der Waals surface area (Å²) >= 11 is 0. The standard InChI is InChI=1S/C14H25N3/c1-7-8-15-13-16-12(3)10-17(13)9-11(2)14(4,5)6/h7,10-11H,1,8-9H2,2-6H3,(H,15,16). The third-order valence-electron chi connectivity index (χ3n) is 3.25. The van der Waals surface area contributed by atoms with Crippen LogP contribution in [0.2, 0.25) is 0 Å². The molecule has 0 fully saturated rings. The fraction of sp³-hybridized carbons (Fsp3) is 0.643. The lowest BCUT2D eigenvalue weighted by atomic mass is 9.82. The van der Waals surface area contributed by atoms with Gasteiger partial charge in [-0.25, -0.2) is 4.98 Å². The van der Waals surface area contributed by atoms with Gasteiger partial charge in [0, 0.05) is 19.3 Å². The van der Waals surface area contributed by atoms with Crippen LogP contribution in [-0.4, -0.2) is 16.1 Å². The van der Waals surface area contributed by atoms with E-state index in [2.05, 4.69) is 55.3 Å². The Kier molecular flexibility index (Phi) is 4.38. The van der Waals surface area contributed by atoms with Crippen molar-refractivity contribution in [3.05, 3.63) is 24.5 Å². The van der Waals surface area contributed by atoms with Gasteiger partial charge in [0.1, 0.15) is 0 Å². The van der Waals surface area contributed by atoms with E-state index in [-0.39, 0.29) is 0 Å². The molecular formula is C14H25N3. The maximum Gasteiger partial charge on any atom is 0.203 e. The molecule has 0 bridgehead atoms. The summed E-state index contributed by atoms with van der Waals surface area (Å²) < 4.78 is 2.20. The lowest BCUT2D eigenvalue weighted by Crippen LogP contribution is -2.23. The zero-order valence-corrected chi connectivity index (χ0v) is 11.7. The van der Waals surface area contributed by atoms with Gasteiger partial charge in [0.25, 0.3) is 0 Å². The summed E-state index contributed by atoms with van der Waals surface area (Å²) in [6, 6.07) is 0. The van der Waals surface area contributed by atoms with Crippen LogP contribution in [0.4, 0.5) is 5.95 Å². The van der Waals surface area contributed by atoms with E-state index < -0.39 is 0 Å². The molecule has 1 N–H and O–H groups in total. The first-order valence-corrected chi connectivity index (χ1v) is 6.23. The van der Waals surface area contributed by atoms with Gasteiger partial charge in [0.05, 0.1) is 5.69 Å². The summed E-state index contributed by atoms with van der Waals surface area (Å²) in [5.41, 5.74) is 1.37. The van der Waals surface area contributed by atoms with Crippen molar-refractivity contribution < 1.29 is 0 Å². The van der Waals surface area contributed by atoms with Gasteiger partial charge in [0.15, 0.2) is 0 Å². The number of rotatable bonds is 5. The molecule has 1 heterocycles. The molecule has 17 heavy (non-hydrogen) atoms. The first-order valence-electron chi connectivity index (χ1n) is 6.23. The number of imidazole rings is 1. The van der Waals surface area contributed by atoms with E-state index in [0.717, 1.165) is 24.7 Å². The molecule has 0 spiro atoms. The minimum Gasteiger partial charge on any atom is -0.352 e. The molecule has 1 aromatic heterocycles. The summed E-state index contributed by atoms with van der Waals surface area (Å²) in [5, 5.41) is 3.27. The minimum atomic E-state index is 0.313. The van der Waals surface area contributed by atoms with Crippen LogP contribution >= 0.6 is 0 Å². The van der Waals surface area contributed by atoms with E-state index in [0.29, 0.717) is 11.3 Å². The van der Waals surface area contributed by atoms with Crippen molar-refractivity contribution in [1.29, 1.82) is 0 Å². The van der Waals surface area contributed by atoms with E-state index in [1.54, 1.807) is 0 Å². The van der Waals surface area contributed by atoms with Crippen LogP contribution in [0.25, 0.3) is 0 Å². The number of hydrogen-bond acceptors (Lipinski definition) is 2. The van der Waals surface area contributed by atoms with Crippen molar-refractivity contribution >= 4 is 5.95 Å². The number of aryl methyl sites for hydroxylation is 1. The molecule has 3 nitrogen and oxygen atoms in total. The molecule has 0 aliphatic carbocycles. The number of anilines is 1. The summed E-state index contributed by atoms with van der Waals surface area (Å²) in [7, 11) is 0. The van der Waals surface area contributed by atoms with E-state index in [9.17, 15) is 0 Å². The highest BCUT2D eigenvalue weighted by Crippen LogP contribution is 2.27. The average Bonchev–Trinajstić information content (AvgIpc) is 2.54. The second-order valence-electron chi connectivity index (χ2n) is 5.79. The predicted molar refractivity (Wildman–Crippen MR) is 74.3 cm³/mol. The van der Waals surface area contributed by atoms with Gasteiger partial charge in [-0.2, -0.15) is 0 Å². The van der Waals surface area contributed by atoms with Crippen LogP contribution in [0, 0.1) is 18.3 Å². The number of hydrogen-bond donors (Lipinski definition) is 1. The molecule has 0 aromatic carbocycles. The Labute approximate surface area is 105 Å². The molecule has 1 rings (SSSR count). The molecule has 3 heteroatoms. The number of nitrogens with zero attached hydrogens (tertiary/aromatic N) is 2. The smallest absolute Gasteiger partial charge is 0.203 e. The Balaban J connectivity index is 2.79. The molecular weight excluding hydrogens is 210 g/mol. The Bertz CT molecular complexity index is 371. The quantitative estimate of drug-likeness (QED) is 0.792. The maximum atomic E-state index is 4.49. The van der Waals surface area contributed by atoms with E-state index in [1.165, 1.54) is 0 Å². The molecule has 0 aliphatic rings. The van der Waals surface area contributed by atoms with Gasteiger partial charge in [-0.1, -0.05) is 33.8 Å². The van der Waals surface area contributed by atoms with E-state index in [1.807, 2.05) is 13.0 Å². The van der Waals surface area contributed by atoms with Crippen molar-refractivity contribution in [2.75, 3.05) is 11.9 Å². The Morgan fingerprint density at radius 1 is 1.53 bits per heavy atom. The average molecular weight is 235 g/mol. The van der Waals surface area contributed by atoms with E-state index in [4.69, 9.17) is 0 Å². The first kappa shape index (κ1) is 13.8. The molecule has 1 unspecified atom stereocenters. The monoisotopic (exact) mass is 235 g/mol. The largest absolute Gasteiger partial charge is 0.352 e. The highest BCUT2D eigenvalue weighted by molar-refractivity contribution is 5.29. The van der Waals surface area contributed by atoms with Gasteiger partial charge < -0.3 is 9.88 Å². The molecule has 0 amide bonds. The fourth-order valence-corrected chi connectivity index (χ4v) is 1.56. The molecule has 96 valence electrons. The lowest BCUT2D eigenvalue weighted by Gasteiger charge is -2.28. The number of nitrogens with one attached hydrogen (secondary N) is 1. The van der Waals surface area contributed by atoms with Crippen LogP contribution in [-0.2, 0) is 6.54 Å². The van der Waals surface area contributed by atoms with Crippen LogP contribution in [0.5, 0.6) is 0 Å². The normalized spacial score (nSPS) is 13.5. The molecule has 0 saturated carbocycles. The highest BCUT2D eigenvalue weighted by Gasteiger charge is 2.21. The summed E-state index contributed by atoms with van der Waals surface area (Å²) in [5.74, 6) is 1.54. The van der Waals surface area contributed by atoms with Crippen LogP contribution in [0.1, 0.15) is 33.4 Å². The second kappa shape index (κ2) is 5.39.